The normalized spacial score (nSPS) is 12.8. The Kier molecular flexibility index (Phi) is 4.37. The zero-order valence-electron chi connectivity index (χ0n) is 12.5. The minimum absolute atomic E-state index is 0.154. The number of benzene rings is 2. The summed E-state index contributed by atoms with van der Waals surface area (Å²) in [5.74, 6) is 0.752. The molecule has 0 saturated carbocycles. The number of rotatable bonds is 4. The molecule has 24 heavy (non-hydrogen) atoms. The first-order chi connectivity index (χ1) is 11.6. The Morgan fingerprint density at radius 1 is 1.17 bits per heavy atom. The molecule has 2 aromatic rings. The van der Waals surface area contributed by atoms with Gasteiger partial charge in [-0.2, -0.15) is 5.10 Å². The number of non-ortho nitro benzene ring substituents is 1. The van der Waals surface area contributed by atoms with Crippen molar-refractivity contribution in [1.29, 1.82) is 0 Å². The summed E-state index contributed by atoms with van der Waals surface area (Å²) in [5.41, 5.74) is 3.05. The molecule has 0 fully saturated rings. The number of carbonyl (C=O) groups excluding carboxylic acids is 1. The molecule has 8 nitrogen and oxygen atoms in total. The minimum atomic E-state index is -0.560. The van der Waals surface area contributed by atoms with Crippen molar-refractivity contribution in [3.05, 3.63) is 63.7 Å². The predicted molar refractivity (Wildman–Crippen MR) is 85.6 cm³/mol. The van der Waals surface area contributed by atoms with Gasteiger partial charge in [0.1, 0.15) is 13.2 Å². The maximum Gasteiger partial charge on any atom is 0.271 e. The van der Waals surface area contributed by atoms with Crippen LogP contribution in [0.3, 0.4) is 0 Å². The van der Waals surface area contributed by atoms with Crippen LogP contribution in [0.15, 0.2) is 47.6 Å². The van der Waals surface area contributed by atoms with Gasteiger partial charge in [-0.3, -0.25) is 14.9 Å². The Morgan fingerprint density at radius 2 is 1.96 bits per heavy atom. The van der Waals surface area contributed by atoms with E-state index in [-0.39, 0.29) is 11.3 Å². The number of hydrogen-bond acceptors (Lipinski definition) is 6. The second-order valence-electron chi connectivity index (χ2n) is 4.91. The van der Waals surface area contributed by atoms with Crippen LogP contribution in [0.5, 0.6) is 11.5 Å². The quantitative estimate of drug-likeness (QED) is 0.526. The van der Waals surface area contributed by atoms with Gasteiger partial charge in [0.25, 0.3) is 11.6 Å². The molecular weight excluding hydrogens is 314 g/mol. The molecule has 0 unspecified atom stereocenters. The highest BCUT2D eigenvalue weighted by Gasteiger charge is 2.12. The smallest absolute Gasteiger partial charge is 0.271 e. The van der Waals surface area contributed by atoms with Gasteiger partial charge in [0.2, 0.25) is 0 Å². The molecule has 0 aromatic heterocycles. The summed E-state index contributed by atoms with van der Waals surface area (Å²) in [7, 11) is 0. The molecule has 0 bridgehead atoms. The lowest BCUT2D eigenvalue weighted by molar-refractivity contribution is -0.384. The van der Waals surface area contributed by atoms with Gasteiger partial charge in [-0.05, 0) is 29.8 Å². The van der Waals surface area contributed by atoms with Gasteiger partial charge in [0.05, 0.1) is 11.1 Å². The van der Waals surface area contributed by atoms with Crippen molar-refractivity contribution >= 4 is 17.8 Å². The number of nitro groups is 1. The predicted octanol–water partition coefficient (Wildman–Crippen LogP) is 2.13. The Morgan fingerprint density at radius 3 is 2.75 bits per heavy atom. The van der Waals surface area contributed by atoms with Crippen molar-refractivity contribution in [1.82, 2.24) is 5.43 Å². The molecule has 122 valence electrons. The number of nitro benzene ring substituents is 1. The zero-order valence-corrected chi connectivity index (χ0v) is 12.5. The first-order valence-electron chi connectivity index (χ1n) is 7.11. The molecule has 1 heterocycles. The average Bonchev–Trinajstić information content (AvgIpc) is 2.61. The van der Waals surface area contributed by atoms with E-state index in [0.717, 1.165) is 5.56 Å². The standard InChI is InChI=1S/C16H13N3O5/c20-16(12-2-1-3-13(9-12)19(21)22)18-17-10-11-4-5-14-15(8-11)24-7-6-23-14/h1-5,8-10H,6-7H2,(H,18,20)/b17-10+. The number of ether oxygens (including phenoxy) is 2. The lowest BCUT2D eigenvalue weighted by Crippen LogP contribution is -2.18. The summed E-state index contributed by atoms with van der Waals surface area (Å²) < 4.78 is 10.9. The third kappa shape index (κ3) is 3.49. The van der Waals surface area contributed by atoms with E-state index in [4.69, 9.17) is 9.47 Å². The summed E-state index contributed by atoms with van der Waals surface area (Å²) in [4.78, 5) is 22.1. The van der Waals surface area contributed by atoms with Crippen LogP contribution in [0.25, 0.3) is 0 Å². The van der Waals surface area contributed by atoms with Crippen LogP contribution in [0.1, 0.15) is 15.9 Å². The van der Waals surface area contributed by atoms with Crippen LogP contribution in [-0.4, -0.2) is 30.3 Å². The Labute approximate surface area is 136 Å². The number of amides is 1. The van der Waals surface area contributed by atoms with E-state index in [9.17, 15) is 14.9 Å². The van der Waals surface area contributed by atoms with Gasteiger partial charge in [0.15, 0.2) is 11.5 Å². The van der Waals surface area contributed by atoms with Crippen LogP contribution < -0.4 is 14.9 Å². The van der Waals surface area contributed by atoms with E-state index in [1.54, 1.807) is 18.2 Å². The summed E-state index contributed by atoms with van der Waals surface area (Å²) in [6.07, 6.45) is 1.45. The second-order valence-corrected chi connectivity index (χ2v) is 4.91. The highest BCUT2D eigenvalue weighted by atomic mass is 16.6. The lowest BCUT2D eigenvalue weighted by Gasteiger charge is -2.18. The number of hydrazone groups is 1. The van der Waals surface area contributed by atoms with Gasteiger partial charge in [-0.25, -0.2) is 5.43 Å². The summed E-state index contributed by atoms with van der Waals surface area (Å²) in [6, 6.07) is 10.7. The number of nitrogens with zero attached hydrogens (tertiary/aromatic N) is 2. The van der Waals surface area contributed by atoms with Crippen LogP contribution in [0.4, 0.5) is 5.69 Å². The molecule has 1 amide bonds. The average molecular weight is 327 g/mol. The van der Waals surface area contributed by atoms with Gasteiger partial charge in [-0.15, -0.1) is 0 Å². The maximum atomic E-state index is 12.0. The number of nitrogens with one attached hydrogen (secondary N) is 1. The third-order valence-electron chi connectivity index (χ3n) is 3.27. The fraction of sp³-hybridized carbons (Fsp3) is 0.125. The van der Waals surface area contributed by atoms with E-state index in [1.807, 2.05) is 0 Å². The molecular formula is C16H13N3O5. The van der Waals surface area contributed by atoms with Crippen LogP contribution in [-0.2, 0) is 0 Å². The van der Waals surface area contributed by atoms with E-state index >= 15 is 0 Å². The molecule has 2 aromatic carbocycles. The summed E-state index contributed by atoms with van der Waals surface area (Å²) >= 11 is 0. The van der Waals surface area contributed by atoms with Crippen molar-refractivity contribution in [2.45, 2.75) is 0 Å². The molecule has 8 heteroatoms. The van der Waals surface area contributed by atoms with Gasteiger partial charge >= 0.3 is 0 Å². The molecule has 1 aliphatic heterocycles. The van der Waals surface area contributed by atoms with Crippen molar-refractivity contribution in [2.75, 3.05) is 13.2 Å². The largest absolute Gasteiger partial charge is 0.486 e. The minimum Gasteiger partial charge on any atom is -0.486 e. The molecule has 1 aliphatic rings. The topological polar surface area (TPSA) is 103 Å². The first kappa shape index (κ1) is 15.5. The van der Waals surface area contributed by atoms with Crippen molar-refractivity contribution in [3.8, 4) is 11.5 Å². The van der Waals surface area contributed by atoms with E-state index < -0.39 is 10.8 Å². The first-order valence-corrected chi connectivity index (χ1v) is 7.11. The Balaban J connectivity index is 1.66. The van der Waals surface area contributed by atoms with E-state index in [2.05, 4.69) is 10.5 Å². The van der Waals surface area contributed by atoms with Crippen molar-refractivity contribution < 1.29 is 19.2 Å². The Bertz CT molecular complexity index is 819. The third-order valence-corrected chi connectivity index (χ3v) is 3.27. The SMILES string of the molecule is O=C(N/N=C/c1ccc2c(c1)OCCO2)c1cccc([N+](=O)[O-])c1. The Hall–Kier alpha value is -3.42. The fourth-order valence-corrected chi connectivity index (χ4v) is 2.13. The fourth-order valence-electron chi connectivity index (χ4n) is 2.13. The zero-order chi connectivity index (χ0) is 16.9. The van der Waals surface area contributed by atoms with Crippen LogP contribution in [0.2, 0.25) is 0 Å². The van der Waals surface area contributed by atoms with Gasteiger partial charge in [-0.1, -0.05) is 6.07 Å². The molecule has 0 saturated heterocycles. The molecule has 0 spiro atoms. The van der Waals surface area contributed by atoms with Crippen molar-refractivity contribution in [3.63, 3.8) is 0 Å². The molecule has 0 aliphatic carbocycles. The van der Waals surface area contributed by atoms with Crippen molar-refractivity contribution in [2.24, 2.45) is 5.10 Å². The monoisotopic (exact) mass is 327 g/mol. The number of carbonyl (C=O) groups is 1. The summed E-state index contributed by atoms with van der Waals surface area (Å²) in [5, 5.41) is 14.6. The van der Waals surface area contributed by atoms with Gasteiger partial charge in [0, 0.05) is 17.7 Å². The van der Waals surface area contributed by atoms with E-state index in [0.29, 0.717) is 24.7 Å². The number of fused-ring (bicyclic) bond motifs is 1. The molecule has 3 rings (SSSR count). The number of hydrogen-bond donors (Lipinski definition) is 1. The molecule has 0 atom stereocenters. The highest BCUT2D eigenvalue weighted by molar-refractivity contribution is 5.95. The van der Waals surface area contributed by atoms with Crippen LogP contribution in [0, 0.1) is 10.1 Å². The highest BCUT2D eigenvalue weighted by Crippen LogP contribution is 2.30. The van der Waals surface area contributed by atoms with E-state index in [1.165, 1.54) is 30.5 Å². The van der Waals surface area contributed by atoms with Crippen LogP contribution >= 0.6 is 0 Å². The molecule has 1 N–H and O–H groups in total. The summed E-state index contributed by atoms with van der Waals surface area (Å²) in [6.45, 7) is 0.997. The second kappa shape index (κ2) is 6.78. The lowest BCUT2D eigenvalue weighted by atomic mass is 10.2. The maximum absolute atomic E-state index is 12.0. The molecule has 0 radical (unpaired) electrons. The van der Waals surface area contributed by atoms with Gasteiger partial charge < -0.3 is 9.47 Å².